The van der Waals surface area contributed by atoms with Gasteiger partial charge in [-0.1, -0.05) is 36.4 Å². The van der Waals surface area contributed by atoms with Crippen LogP contribution in [-0.4, -0.2) is 27.0 Å². The predicted octanol–water partition coefficient (Wildman–Crippen LogP) is 3.13. The van der Waals surface area contributed by atoms with Crippen LogP contribution in [0.1, 0.15) is 37.8 Å². The molecule has 2 N–H and O–H groups in total. The molecule has 0 aliphatic rings. The summed E-state index contributed by atoms with van der Waals surface area (Å²) in [5.74, 6) is -0.457. The van der Waals surface area contributed by atoms with Crippen LogP contribution in [0.3, 0.4) is 0 Å². The lowest BCUT2D eigenvalue weighted by Gasteiger charge is -2.10. The monoisotopic (exact) mass is 422 g/mol. The van der Waals surface area contributed by atoms with E-state index in [0.29, 0.717) is 18.5 Å². The number of carbonyl (C=O) groups is 1. The molecule has 0 heterocycles. The summed E-state index contributed by atoms with van der Waals surface area (Å²) in [6, 6.07) is 13.1. The Morgan fingerprint density at radius 3 is 2.38 bits per heavy atom. The van der Waals surface area contributed by atoms with Gasteiger partial charge in [0.1, 0.15) is 0 Å². The molecule has 158 valence electrons. The topological polar surface area (TPSA) is 84.5 Å². The molecular weight excluding hydrogens is 395 g/mol. The van der Waals surface area contributed by atoms with Crippen LogP contribution in [-0.2, 0) is 27.1 Å². The van der Waals surface area contributed by atoms with Crippen molar-refractivity contribution in [3.8, 4) is 5.75 Å². The zero-order valence-corrected chi connectivity index (χ0v) is 17.5. The van der Waals surface area contributed by atoms with Crippen LogP contribution < -0.4 is 14.8 Å². The van der Waals surface area contributed by atoms with Crippen LogP contribution in [0.15, 0.2) is 48.5 Å². The number of amides is 1. The molecule has 0 bridgehead atoms. The third kappa shape index (κ3) is 8.62. The van der Waals surface area contributed by atoms with Crippen LogP contribution in [0.5, 0.6) is 5.75 Å². The second-order valence-corrected chi connectivity index (χ2v) is 8.76. The first-order valence-corrected chi connectivity index (χ1v) is 11.1. The lowest BCUT2D eigenvalue weighted by Crippen LogP contribution is -2.31. The summed E-state index contributed by atoms with van der Waals surface area (Å²) in [5.41, 5.74) is 1.55. The molecule has 1 amide bonds. The van der Waals surface area contributed by atoms with Gasteiger partial charge in [-0.05, 0) is 43.5 Å². The largest absolute Gasteiger partial charge is 0.491 e. The van der Waals surface area contributed by atoms with Gasteiger partial charge in [0, 0.05) is 19.0 Å². The molecule has 0 fully saturated rings. The Morgan fingerprint density at radius 1 is 1.07 bits per heavy atom. The molecule has 2 aromatic carbocycles. The molecule has 0 unspecified atom stereocenters. The second-order valence-electron chi connectivity index (χ2n) is 7.01. The SMILES string of the molecule is CC(C)NS(=O)(=O)Cc1ccc(CNC(=O)CCCOc2ccccc2F)cc1. The maximum Gasteiger partial charge on any atom is 0.220 e. The lowest BCUT2D eigenvalue weighted by atomic mass is 10.1. The van der Waals surface area contributed by atoms with Crippen molar-refractivity contribution in [2.75, 3.05) is 6.61 Å². The van der Waals surface area contributed by atoms with Crippen LogP contribution in [0.4, 0.5) is 4.39 Å². The summed E-state index contributed by atoms with van der Waals surface area (Å²) in [6.45, 7) is 4.15. The van der Waals surface area contributed by atoms with Crippen LogP contribution in [0, 0.1) is 5.82 Å². The number of para-hydroxylation sites is 1. The van der Waals surface area contributed by atoms with Gasteiger partial charge in [0.05, 0.1) is 12.4 Å². The van der Waals surface area contributed by atoms with Gasteiger partial charge in [0.2, 0.25) is 15.9 Å². The third-order valence-electron chi connectivity index (χ3n) is 3.93. The maximum atomic E-state index is 13.4. The van der Waals surface area contributed by atoms with E-state index in [9.17, 15) is 17.6 Å². The van der Waals surface area contributed by atoms with Crippen LogP contribution >= 0.6 is 0 Å². The van der Waals surface area contributed by atoms with Crippen molar-refractivity contribution in [1.82, 2.24) is 10.0 Å². The van der Waals surface area contributed by atoms with E-state index in [1.165, 1.54) is 6.07 Å². The number of carbonyl (C=O) groups excluding carboxylic acids is 1. The predicted molar refractivity (Wildman–Crippen MR) is 110 cm³/mol. The summed E-state index contributed by atoms with van der Waals surface area (Å²) in [4.78, 5) is 11.9. The number of halogens is 1. The molecule has 0 spiro atoms. The van der Waals surface area contributed by atoms with E-state index in [2.05, 4.69) is 10.0 Å². The van der Waals surface area contributed by atoms with Gasteiger partial charge < -0.3 is 10.1 Å². The number of rotatable bonds is 11. The molecule has 0 radical (unpaired) electrons. The highest BCUT2D eigenvalue weighted by molar-refractivity contribution is 7.88. The van der Waals surface area contributed by atoms with Gasteiger partial charge in [0.15, 0.2) is 11.6 Å². The van der Waals surface area contributed by atoms with Crippen molar-refractivity contribution in [2.24, 2.45) is 0 Å². The van der Waals surface area contributed by atoms with E-state index in [1.54, 1.807) is 56.3 Å². The minimum Gasteiger partial charge on any atom is -0.491 e. The Labute approximate surface area is 171 Å². The first kappa shape index (κ1) is 22.8. The molecule has 2 rings (SSSR count). The van der Waals surface area contributed by atoms with E-state index in [1.807, 2.05) is 0 Å². The standard InChI is InChI=1S/C21H27FN2O4S/c1-16(2)24-29(26,27)15-18-11-9-17(10-12-18)14-23-21(25)8-5-13-28-20-7-4-3-6-19(20)22/h3-4,6-7,9-12,16,24H,5,8,13-15H2,1-2H3,(H,23,25). The highest BCUT2D eigenvalue weighted by atomic mass is 32.2. The fraction of sp³-hybridized carbons (Fsp3) is 0.381. The average molecular weight is 423 g/mol. The van der Waals surface area contributed by atoms with Gasteiger partial charge in [0.25, 0.3) is 0 Å². The van der Waals surface area contributed by atoms with E-state index in [-0.39, 0.29) is 36.5 Å². The molecule has 0 atom stereocenters. The summed E-state index contributed by atoms with van der Waals surface area (Å²) < 4.78 is 45.2. The van der Waals surface area contributed by atoms with Crippen LogP contribution in [0.2, 0.25) is 0 Å². The number of ether oxygens (including phenoxy) is 1. The quantitative estimate of drug-likeness (QED) is 0.545. The van der Waals surface area contributed by atoms with Crippen LogP contribution in [0.25, 0.3) is 0 Å². The Kier molecular flexibility index (Phi) is 8.60. The molecular formula is C21H27FN2O4S. The molecule has 0 aliphatic carbocycles. The van der Waals surface area contributed by atoms with Crippen molar-refractivity contribution in [3.05, 3.63) is 65.5 Å². The summed E-state index contributed by atoms with van der Waals surface area (Å²) in [6.07, 6.45) is 0.742. The summed E-state index contributed by atoms with van der Waals surface area (Å²) in [5, 5.41) is 2.80. The fourth-order valence-electron chi connectivity index (χ4n) is 2.64. The number of benzene rings is 2. The normalized spacial score (nSPS) is 11.4. The van der Waals surface area contributed by atoms with Gasteiger partial charge in [-0.25, -0.2) is 17.5 Å². The average Bonchev–Trinajstić information content (AvgIpc) is 2.64. The van der Waals surface area contributed by atoms with Crippen molar-refractivity contribution in [3.63, 3.8) is 0 Å². The molecule has 6 nitrogen and oxygen atoms in total. The first-order chi connectivity index (χ1) is 13.7. The summed E-state index contributed by atoms with van der Waals surface area (Å²) >= 11 is 0. The second kappa shape index (κ2) is 10.9. The summed E-state index contributed by atoms with van der Waals surface area (Å²) in [7, 11) is -3.36. The molecule has 29 heavy (non-hydrogen) atoms. The Balaban J connectivity index is 1.70. The minimum atomic E-state index is -3.36. The molecule has 0 aromatic heterocycles. The van der Waals surface area contributed by atoms with Gasteiger partial charge in [-0.2, -0.15) is 0 Å². The van der Waals surface area contributed by atoms with Crippen molar-refractivity contribution >= 4 is 15.9 Å². The maximum absolute atomic E-state index is 13.4. The fourth-order valence-corrected chi connectivity index (χ4v) is 4.07. The minimum absolute atomic E-state index is 0.0835. The third-order valence-corrected chi connectivity index (χ3v) is 5.47. The van der Waals surface area contributed by atoms with E-state index in [0.717, 1.165) is 5.56 Å². The van der Waals surface area contributed by atoms with Crippen molar-refractivity contribution in [2.45, 2.75) is 45.0 Å². The van der Waals surface area contributed by atoms with E-state index < -0.39 is 15.8 Å². The molecule has 0 saturated heterocycles. The number of nitrogens with one attached hydrogen (secondary N) is 2. The van der Waals surface area contributed by atoms with E-state index >= 15 is 0 Å². The molecule has 0 aliphatic heterocycles. The van der Waals surface area contributed by atoms with Gasteiger partial charge in [-0.15, -0.1) is 0 Å². The highest BCUT2D eigenvalue weighted by Crippen LogP contribution is 2.15. The number of sulfonamides is 1. The molecule has 2 aromatic rings. The van der Waals surface area contributed by atoms with E-state index in [4.69, 9.17) is 4.74 Å². The first-order valence-electron chi connectivity index (χ1n) is 9.47. The zero-order chi connectivity index (χ0) is 21.3. The molecule has 0 saturated carbocycles. The lowest BCUT2D eigenvalue weighted by molar-refractivity contribution is -0.121. The zero-order valence-electron chi connectivity index (χ0n) is 16.7. The Morgan fingerprint density at radius 2 is 1.72 bits per heavy atom. The van der Waals surface area contributed by atoms with Gasteiger partial charge >= 0.3 is 0 Å². The number of hydrogen-bond donors (Lipinski definition) is 2. The van der Waals surface area contributed by atoms with Crippen molar-refractivity contribution in [1.29, 1.82) is 0 Å². The Hall–Kier alpha value is -2.45. The molecule has 8 heteroatoms. The van der Waals surface area contributed by atoms with Crippen molar-refractivity contribution < 1.29 is 22.3 Å². The Bertz CT molecular complexity index is 899. The number of hydrogen-bond acceptors (Lipinski definition) is 4. The smallest absolute Gasteiger partial charge is 0.220 e. The highest BCUT2D eigenvalue weighted by Gasteiger charge is 2.12. The van der Waals surface area contributed by atoms with Gasteiger partial charge in [-0.3, -0.25) is 4.79 Å².